The molecule has 2 amide bonds. The van der Waals surface area contributed by atoms with Gasteiger partial charge in [-0.25, -0.2) is 4.79 Å². The molecule has 3 N–H and O–H groups in total. The molecule has 1 spiro atoms. The molecule has 3 aliphatic heterocycles. The molecule has 0 aliphatic carbocycles. The van der Waals surface area contributed by atoms with Crippen LogP contribution in [0.2, 0.25) is 0 Å². The highest BCUT2D eigenvalue weighted by molar-refractivity contribution is 6.05. The quantitative estimate of drug-likeness (QED) is 0.752. The fourth-order valence-corrected chi connectivity index (χ4v) is 3.70. The lowest BCUT2D eigenvalue weighted by Crippen LogP contribution is -2.60. The molecule has 0 aromatic heterocycles. The van der Waals surface area contributed by atoms with Crippen molar-refractivity contribution < 1.29 is 14.3 Å². The molecule has 1 atom stereocenters. The van der Waals surface area contributed by atoms with Crippen LogP contribution in [0.25, 0.3) is 0 Å². The van der Waals surface area contributed by atoms with Crippen LogP contribution in [0.5, 0.6) is 0 Å². The van der Waals surface area contributed by atoms with E-state index in [1.165, 1.54) is 6.20 Å². The molecular weight excluding hydrogens is 334 g/mol. The maximum Gasteiger partial charge on any atom is 0.410 e. The Bertz CT molecular complexity index is 658. The van der Waals surface area contributed by atoms with Gasteiger partial charge < -0.3 is 25.6 Å². The summed E-state index contributed by atoms with van der Waals surface area (Å²) in [5.41, 5.74) is 6.60. The van der Waals surface area contributed by atoms with Crippen molar-refractivity contribution in [2.24, 2.45) is 16.1 Å². The maximum absolute atomic E-state index is 12.6. The fourth-order valence-electron chi connectivity index (χ4n) is 3.70. The highest BCUT2D eigenvalue weighted by Gasteiger charge is 2.54. The van der Waals surface area contributed by atoms with Crippen LogP contribution in [-0.4, -0.2) is 71.9 Å². The first-order valence-corrected chi connectivity index (χ1v) is 9.10. The van der Waals surface area contributed by atoms with Gasteiger partial charge in [0.2, 0.25) is 5.91 Å². The normalized spacial score (nSPS) is 26.0. The lowest BCUT2D eigenvalue weighted by Gasteiger charge is -2.47. The van der Waals surface area contributed by atoms with Crippen molar-refractivity contribution >= 4 is 17.7 Å². The number of carbonyl (C=O) groups excluding carboxylic acids is 2. The van der Waals surface area contributed by atoms with Crippen molar-refractivity contribution in [3.05, 3.63) is 11.9 Å². The molecule has 3 rings (SSSR count). The van der Waals surface area contributed by atoms with Crippen molar-refractivity contribution in [2.45, 2.75) is 45.8 Å². The van der Waals surface area contributed by atoms with E-state index in [4.69, 9.17) is 10.5 Å². The van der Waals surface area contributed by atoms with E-state index in [1.54, 1.807) is 9.80 Å². The van der Waals surface area contributed by atoms with Crippen LogP contribution in [0.4, 0.5) is 4.79 Å². The van der Waals surface area contributed by atoms with Crippen LogP contribution >= 0.6 is 0 Å². The number of aliphatic imine (C=N–C) groups is 1. The highest BCUT2D eigenvalue weighted by atomic mass is 16.6. The molecule has 0 radical (unpaired) electrons. The molecule has 8 nitrogen and oxygen atoms in total. The first-order valence-electron chi connectivity index (χ1n) is 9.10. The van der Waals surface area contributed by atoms with Crippen LogP contribution < -0.4 is 11.1 Å². The molecule has 144 valence electrons. The molecular formula is C18H29N5O3. The Morgan fingerprint density at radius 2 is 2.08 bits per heavy atom. The van der Waals surface area contributed by atoms with Gasteiger partial charge in [0.05, 0.1) is 18.0 Å². The molecule has 26 heavy (non-hydrogen) atoms. The number of amides is 2. The van der Waals surface area contributed by atoms with Crippen molar-refractivity contribution in [1.29, 1.82) is 0 Å². The average Bonchev–Trinajstić information content (AvgIpc) is 2.85. The predicted molar refractivity (Wildman–Crippen MR) is 98.6 cm³/mol. The minimum absolute atomic E-state index is 0.0341. The van der Waals surface area contributed by atoms with E-state index in [9.17, 15) is 9.59 Å². The number of nitrogens with one attached hydrogen (secondary N) is 1. The highest BCUT2D eigenvalue weighted by Crippen LogP contribution is 2.42. The van der Waals surface area contributed by atoms with E-state index in [0.29, 0.717) is 50.9 Å². The number of nitrogens with zero attached hydrogens (tertiary/aromatic N) is 3. The van der Waals surface area contributed by atoms with Gasteiger partial charge in [-0.1, -0.05) is 0 Å². The van der Waals surface area contributed by atoms with Crippen molar-refractivity contribution in [3.8, 4) is 0 Å². The number of nitrogens with two attached hydrogens (primary N) is 1. The SMILES string of the molecule is C[C@H]1CN=C(C(=CN)N2CC3(CC2=O)CN(C(=O)OC(C)(C)C)C3)CN1. The Labute approximate surface area is 154 Å². The number of hydrogen-bond acceptors (Lipinski definition) is 6. The molecule has 8 heteroatoms. The Kier molecular flexibility index (Phi) is 4.72. The summed E-state index contributed by atoms with van der Waals surface area (Å²) in [7, 11) is 0. The van der Waals surface area contributed by atoms with Gasteiger partial charge in [-0.3, -0.25) is 9.79 Å². The van der Waals surface area contributed by atoms with E-state index in [-0.39, 0.29) is 17.4 Å². The lowest BCUT2D eigenvalue weighted by atomic mass is 9.79. The number of carbonyl (C=O) groups is 2. The largest absolute Gasteiger partial charge is 0.444 e. The summed E-state index contributed by atoms with van der Waals surface area (Å²) in [4.78, 5) is 32.7. The zero-order chi connectivity index (χ0) is 19.1. The number of likely N-dealkylation sites (tertiary alicyclic amines) is 2. The molecule has 3 aliphatic rings. The second kappa shape index (κ2) is 6.57. The predicted octanol–water partition coefficient (Wildman–Crippen LogP) is 0.689. The van der Waals surface area contributed by atoms with Gasteiger partial charge in [0.1, 0.15) is 5.60 Å². The monoisotopic (exact) mass is 363 g/mol. The van der Waals surface area contributed by atoms with E-state index >= 15 is 0 Å². The molecule has 0 saturated carbocycles. The molecule has 2 saturated heterocycles. The smallest absolute Gasteiger partial charge is 0.410 e. The number of ether oxygens (including phenoxy) is 1. The van der Waals surface area contributed by atoms with Gasteiger partial charge in [0.15, 0.2) is 0 Å². The molecule has 0 aromatic rings. The summed E-state index contributed by atoms with van der Waals surface area (Å²) >= 11 is 0. The van der Waals surface area contributed by atoms with Gasteiger partial charge in [0.25, 0.3) is 0 Å². The third-order valence-corrected chi connectivity index (χ3v) is 4.94. The second-order valence-corrected chi connectivity index (χ2v) is 8.61. The summed E-state index contributed by atoms with van der Waals surface area (Å²) in [5.74, 6) is 0.0341. The summed E-state index contributed by atoms with van der Waals surface area (Å²) < 4.78 is 5.40. The topological polar surface area (TPSA) is 100 Å². The molecule has 0 bridgehead atoms. The third-order valence-electron chi connectivity index (χ3n) is 4.94. The van der Waals surface area contributed by atoms with Crippen LogP contribution in [0.3, 0.4) is 0 Å². The zero-order valence-electron chi connectivity index (χ0n) is 16.0. The van der Waals surface area contributed by atoms with Gasteiger partial charge in [-0.2, -0.15) is 0 Å². The molecule has 0 unspecified atom stereocenters. The Morgan fingerprint density at radius 3 is 2.62 bits per heavy atom. The summed E-state index contributed by atoms with van der Waals surface area (Å²) in [6.45, 7) is 10.5. The minimum Gasteiger partial charge on any atom is -0.444 e. The molecule has 0 aromatic carbocycles. The Balaban J connectivity index is 1.64. The standard InChI is InChI=1S/C18H29N5O3/c1-12-7-21-13(8-20-12)14(6-19)23-11-18(5-15(23)24)9-22(10-18)16(25)26-17(2,3)4/h6,12,20H,5,7-11,19H2,1-4H3/t12-/m0/s1. The zero-order valence-corrected chi connectivity index (χ0v) is 16.0. The van der Waals surface area contributed by atoms with Crippen LogP contribution in [0.1, 0.15) is 34.1 Å². The van der Waals surface area contributed by atoms with Crippen molar-refractivity contribution in [3.63, 3.8) is 0 Å². The van der Waals surface area contributed by atoms with E-state index in [1.807, 2.05) is 20.8 Å². The third kappa shape index (κ3) is 3.70. The first kappa shape index (κ1) is 18.7. The fraction of sp³-hybridized carbons (Fsp3) is 0.722. The minimum atomic E-state index is -0.518. The Hall–Kier alpha value is -2.09. The van der Waals surface area contributed by atoms with Crippen LogP contribution in [0, 0.1) is 5.41 Å². The second-order valence-electron chi connectivity index (χ2n) is 8.61. The first-order chi connectivity index (χ1) is 12.1. The summed E-state index contributed by atoms with van der Waals surface area (Å²) in [5, 5.41) is 3.34. The van der Waals surface area contributed by atoms with Crippen molar-refractivity contribution in [1.82, 2.24) is 15.1 Å². The molecule has 2 fully saturated rings. The maximum atomic E-state index is 12.6. The van der Waals surface area contributed by atoms with Gasteiger partial charge in [-0.15, -0.1) is 0 Å². The van der Waals surface area contributed by atoms with Crippen LogP contribution in [-0.2, 0) is 9.53 Å². The number of rotatable bonds is 2. The molecule has 3 heterocycles. The summed E-state index contributed by atoms with van der Waals surface area (Å²) in [6, 6.07) is 0.326. The number of hydrogen-bond donors (Lipinski definition) is 2. The Morgan fingerprint density at radius 1 is 1.38 bits per heavy atom. The van der Waals surface area contributed by atoms with Crippen LogP contribution in [0.15, 0.2) is 16.9 Å². The van der Waals surface area contributed by atoms with Gasteiger partial charge in [-0.05, 0) is 27.7 Å². The van der Waals surface area contributed by atoms with Crippen molar-refractivity contribution in [2.75, 3.05) is 32.7 Å². The van der Waals surface area contributed by atoms with Gasteiger partial charge in [0, 0.05) is 50.3 Å². The van der Waals surface area contributed by atoms with E-state index in [2.05, 4.69) is 17.2 Å². The van der Waals surface area contributed by atoms with Gasteiger partial charge >= 0.3 is 6.09 Å². The average molecular weight is 363 g/mol. The lowest BCUT2D eigenvalue weighted by molar-refractivity contribution is -0.126. The summed E-state index contributed by atoms with van der Waals surface area (Å²) in [6.07, 6.45) is 1.57. The van der Waals surface area contributed by atoms with E-state index in [0.717, 1.165) is 5.71 Å². The van der Waals surface area contributed by atoms with E-state index < -0.39 is 5.60 Å².